The van der Waals surface area contributed by atoms with Crippen LogP contribution in [0.3, 0.4) is 0 Å². The fraction of sp³-hybridized carbons (Fsp3) is 0.414. The first kappa shape index (κ1) is 66.5. The SMILES string of the molecule is CC(=O)O.CC(C)(C)OC(=O)NCc1ccc(C(=N)N)cc1.CCOC(=O)NC(=N)c1ccc(CCC(=O)[C@H](C)NC(=O)[C@@H]2CC[C@@H](c3ccccc3)C2)cc1.CCOC(=O)NC(=N)c1ccc(CNC(=O)OC(C)(C)C)cc1. The van der Waals surface area contributed by atoms with Crippen LogP contribution in [0.25, 0.3) is 0 Å². The third-order valence-corrected chi connectivity index (χ3v) is 11.0. The summed E-state index contributed by atoms with van der Waals surface area (Å²) in [6.07, 6.45) is 1.26. The first-order chi connectivity index (χ1) is 37.1. The van der Waals surface area contributed by atoms with Crippen molar-refractivity contribution >= 4 is 59.5 Å². The Morgan fingerprint density at radius 2 is 1.03 bits per heavy atom. The summed E-state index contributed by atoms with van der Waals surface area (Å²) in [5.41, 5.74) is 10.1. The van der Waals surface area contributed by atoms with E-state index in [2.05, 4.69) is 38.7 Å². The number of nitrogens with two attached hydrogens (primary N) is 1. The maximum Gasteiger partial charge on any atom is 0.412 e. The molecule has 1 aliphatic rings. The Labute approximate surface area is 463 Å². The molecular formula is C58H79N9O12. The summed E-state index contributed by atoms with van der Waals surface area (Å²) in [4.78, 5) is 80.0. The number of nitrogen functional groups attached to an aromatic ring is 1. The van der Waals surface area contributed by atoms with Gasteiger partial charge in [-0.3, -0.25) is 41.2 Å². The molecule has 21 nitrogen and oxygen atoms in total. The standard InChI is InChI=1S/C27H33N3O4.C16H23N3O4.C13H19N3O2.C2H4O2/c1-3-34-27(33)30-25(28)21-12-9-19(10-13-21)11-16-24(31)18(2)29-26(32)23-15-14-22(17-23)20-7-5-4-6-8-20;1-5-22-15(21)19-13(17)12-8-6-11(7-9-12)10-18-14(20)23-16(2,3)4;1-13(2,3)18-12(17)16-8-9-4-6-10(7-5-9)11(14)15;1-2(3)4/h4-10,12-13,18,22-23H,3,11,14-17H2,1-2H3,(H,29,32)(H2,28,30,33);6-9H,5,10H2,1-4H3,(H,18,20)(H2,17,19,21);4-7H,8H2,1-3H3,(H3,14,15)(H,16,17);1H3,(H,3,4)/t18-,22+,23+;;;/m0.../s1. The number of aryl methyl sites for hydroxylation is 1. The van der Waals surface area contributed by atoms with Crippen LogP contribution >= 0.6 is 0 Å². The zero-order valence-electron chi connectivity index (χ0n) is 46.9. The van der Waals surface area contributed by atoms with E-state index in [9.17, 15) is 28.8 Å². The molecule has 4 aromatic rings. The van der Waals surface area contributed by atoms with Crippen LogP contribution in [-0.2, 0) is 52.8 Å². The zero-order valence-corrected chi connectivity index (χ0v) is 46.9. The number of ether oxygens (including phenoxy) is 4. The molecule has 0 radical (unpaired) electrons. The molecule has 3 atom stereocenters. The molecule has 1 fully saturated rings. The molecule has 1 saturated carbocycles. The van der Waals surface area contributed by atoms with E-state index in [1.807, 2.05) is 63.2 Å². The van der Waals surface area contributed by atoms with Gasteiger partial charge in [0.05, 0.1) is 19.3 Å². The van der Waals surface area contributed by atoms with E-state index in [1.54, 1.807) is 90.1 Å². The minimum Gasteiger partial charge on any atom is -0.481 e. The van der Waals surface area contributed by atoms with Gasteiger partial charge in [-0.2, -0.15) is 0 Å². The van der Waals surface area contributed by atoms with Crippen molar-refractivity contribution in [2.75, 3.05) is 13.2 Å². The van der Waals surface area contributed by atoms with E-state index in [4.69, 9.17) is 50.8 Å². The van der Waals surface area contributed by atoms with Crippen molar-refractivity contribution in [2.24, 2.45) is 11.7 Å². The molecular weight excluding hydrogens is 1010 g/mol. The van der Waals surface area contributed by atoms with Crippen molar-refractivity contribution in [3.8, 4) is 0 Å². The third-order valence-electron chi connectivity index (χ3n) is 11.0. The highest BCUT2D eigenvalue weighted by Gasteiger charge is 2.32. The summed E-state index contributed by atoms with van der Waals surface area (Å²) in [6.45, 7) is 18.2. The molecule has 79 heavy (non-hydrogen) atoms. The maximum atomic E-state index is 12.7. The molecule has 0 heterocycles. The van der Waals surface area contributed by atoms with E-state index < -0.39 is 47.6 Å². The van der Waals surface area contributed by atoms with Gasteiger partial charge in [-0.05, 0) is 116 Å². The second kappa shape index (κ2) is 33.5. The van der Waals surface area contributed by atoms with E-state index in [0.29, 0.717) is 48.5 Å². The number of amidine groups is 3. The Hall–Kier alpha value is -8.62. The number of carbonyl (C=O) groups is 7. The van der Waals surface area contributed by atoms with Crippen LogP contribution in [0.2, 0.25) is 0 Å². The Morgan fingerprint density at radius 3 is 1.42 bits per heavy atom. The van der Waals surface area contributed by atoms with Gasteiger partial charge in [-0.15, -0.1) is 0 Å². The number of nitrogens with one attached hydrogen (secondary N) is 8. The summed E-state index contributed by atoms with van der Waals surface area (Å²) in [7, 11) is 0. The van der Waals surface area contributed by atoms with Crippen molar-refractivity contribution in [1.82, 2.24) is 26.6 Å². The van der Waals surface area contributed by atoms with E-state index in [-0.39, 0.29) is 48.3 Å². The number of Topliss-reactive ketones (excluding diaryl/α,β-unsaturated/α-hetero) is 1. The average molecular weight is 1090 g/mol. The molecule has 11 N–H and O–H groups in total. The van der Waals surface area contributed by atoms with Crippen molar-refractivity contribution in [3.05, 3.63) is 142 Å². The molecule has 0 unspecified atom stereocenters. The number of carboxylic acids is 1. The Kier molecular flexibility index (Phi) is 28.2. The van der Waals surface area contributed by atoms with Crippen molar-refractivity contribution in [3.63, 3.8) is 0 Å². The van der Waals surface area contributed by atoms with E-state index in [1.165, 1.54) is 5.56 Å². The number of rotatable bonds is 16. The molecule has 4 aromatic carbocycles. The number of carboxylic acid groups (broad SMARTS) is 1. The van der Waals surface area contributed by atoms with E-state index >= 15 is 0 Å². The molecule has 5 rings (SSSR count). The molecule has 21 heteroatoms. The number of aliphatic carboxylic acids is 1. The third kappa shape index (κ3) is 28.4. The lowest BCUT2D eigenvalue weighted by Gasteiger charge is -2.19. The van der Waals surface area contributed by atoms with Gasteiger partial charge in [0.1, 0.15) is 28.7 Å². The maximum absolute atomic E-state index is 12.7. The van der Waals surface area contributed by atoms with Gasteiger partial charge >= 0.3 is 24.4 Å². The van der Waals surface area contributed by atoms with Crippen LogP contribution in [0.1, 0.15) is 140 Å². The topological polar surface area (TPSA) is 334 Å². The average Bonchev–Trinajstić information content (AvgIpc) is 3.90. The van der Waals surface area contributed by atoms with Gasteiger partial charge in [0.15, 0.2) is 5.78 Å². The second-order valence-electron chi connectivity index (χ2n) is 20.0. The van der Waals surface area contributed by atoms with Gasteiger partial charge in [0, 0.05) is 49.0 Å². The van der Waals surface area contributed by atoms with Crippen LogP contribution in [0.4, 0.5) is 19.2 Å². The Bertz CT molecular complexity index is 2650. The first-order valence-electron chi connectivity index (χ1n) is 25.8. The Morgan fingerprint density at radius 1 is 0.620 bits per heavy atom. The highest BCUT2D eigenvalue weighted by Crippen LogP contribution is 2.38. The lowest BCUT2D eigenvalue weighted by molar-refractivity contribution is -0.134. The van der Waals surface area contributed by atoms with E-state index in [0.717, 1.165) is 42.9 Å². The highest BCUT2D eigenvalue weighted by molar-refractivity contribution is 6.05. The van der Waals surface area contributed by atoms with Crippen LogP contribution in [0.5, 0.6) is 0 Å². The number of hydrogen-bond acceptors (Lipinski definition) is 14. The minimum atomic E-state index is -0.833. The predicted octanol–water partition coefficient (Wildman–Crippen LogP) is 9.22. The van der Waals surface area contributed by atoms with Gasteiger partial charge in [0.2, 0.25) is 5.91 Å². The second-order valence-corrected chi connectivity index (χ2v) is 20.0. The molecule has 5 amide bonds. The molecule has 0 aromatic heterocycles. The van der Waals surface area contributed by atoms with Crippen LogP contribution < -0.4 is 32.3 Å². The largest absolute Gasteiger partial charge is 0.481 e. The molecule has 428 valence electrons. The van der Waals surface area contributed by atoms with Crippen LogP contribution in [0.15, 0.2) is 103 Å². The number of benzene rings is 4. The van der Waals surface area contributed by atoms with Gasteiger partial charge in [-0.1, -0.05) is 103 Å². The van der Waals surface area contributed by atoms with Gasteiger partial charge in [-0.25, -0.2) is 19.2 Å². The zero-order chi connectivity index (χ0) is 59.3. The lowest BCUT2D eigenvalue weighted by Crippen LogP contribution is -2.41. The number of hydrogen-bond donors (Lipinski definition) is 10. The number of amides is 5. The van der Waals surface area contributed by atoms with Crippen LogP contribution in [-0.4, -0.2) is 95.1 Å². The first-order valence-corrected chi connectivity index (χ1v) is 25.8. The predicted molar refractivity (Wildman–Crippen MR) is 301 cm³/mol. The fourth-order valence-corrected chi connectivity index (χ4v) is 7.23. The minimum absolute atomic E-state index is 0.00764. The highest BCUT2D eigenvalue weighted by atomic mass is 16.6. The summed E-state index contributed by atoms with van der Waals surface area (Å²) in [6, 6.07) is 30.9. The van der Waals surface area contributed by atoms with Gasteiger partial charge < -0.3 is 45.7 Å². The van der Waals surface area contributed by atoms with Crippen molar-refractivity contribution in [1.29, 1.82) is 16.2 Å². The quantitative estimate of drug-likeness (QED) is 0.0284. The molecule has 1 aliphatic carbocycles. The van der Waals surface area contributed by atoms with Crippen molar-refractivity contribution < 1.29 is 57.6 Å². The fourth-order valence-electron chi connectivity index (χ4n) is 7.23. The summed E-state index contributed by atoms with van der Waals surface area (Å²) >= 11 is 0. The monoisotopic (exact) mass is 1090 g/mol. The number of carbonyl (C=O) groups excluding carboxylic acids is 6. The summed E-state index contributed by atoms with van der Waals surface area (Å²) < 4.78 is 19.7. The number of alkyl carbamates (subject to hydrolysis) is 4. The molecule has 0 spiro atoms. The van der Waals surface area contributed by atoms with Crippen LogP contribution in [0, 0.1) is 22.1 Å². The molecule has 0 aliphatic heterocycles. The molecule has 0 bridgehead atoms. The van der Waals surface area contributed by atoms with Gasteiger partial charge in [0.25, 0.3) is 5.97 Å². The molecule has 0 saturated heterocycles. The number of ketones is 1. The summed E-state index contributed by atoms with van der Waals surface area (Å²) in [5.74, 6) is -0.579. The lowest BCUT2D eigenvalue weighted by atomic mass is 9.96. The Balaban J connectivity index is 0.000000412. The smallest absolute Gasteiger partial charge is 0.412 e. The van der Waals surface area contributed by atoms with Crippen molar-refractivity contribution in [2.45, 2.75) is 138 Å². The normalized spacial score (nSPS) is 13.6. The summed E-state index contributed by atoms with van der Waals surface area (Å²) in [5, 5.41) is 43.3.